The van der Waals surface area contributed by atoms with Crippen molar-refractivity contribution < 1.29 is 17.6 Å². The van der Waals surface area contributed by atoms with Gasteiger partial charge in [0.25, 0.3) is 0 Å². The lowest BCUT2D eigenvalue weighted by Gasteiger charge is -2.08. The van der Waals surface area contributed by atoms with Crippen LogP contribution in [0.2, 0.25) is 0 Å². The molecule has 2 rings (SSSR count). The summed E-state index contributed by atoms with van der Waals surface area (Å²) in [7, 11) is 0. The Morgan fingerprint density at radius 3 is 2.63 bits per heavy atom. The monoisotopic (exact) mass is 291 g/mol. The molecule has 8 heteroatoms. The highest BCUT2D eigenvalue weighted by Gasteiger charge is 2.34. The van der Waals surface area contributed by atoms with E-state index in [0.29, 0.717) is 16.7 Å². The van der Waals surface area contributed by atoms with Gasteiger partial charge >= 0.3 is 6.18 Å². The Morgan fingerprint density at radius 1 is 1.26 bits per heavy atom. The minimum atomic E-state index is -4.73. The van der Waals surface area contributed by atoms with E-state index in [9.17, 15) is 17.6 Å². The maximum Gasteiger partial charge on any atom is 0.419 e. The molecule has 0 aliphatic rings. The topological polar surface area (TPSA) is 37.8 Å². The van der Waals surface area contributed by atoms with Crippen molar-refractivity contribution in [1.82, 2.24) is 10.2 Å². The second-order valence-electron chi connectivity index (χ2n) is 3.64. The smallest absolute Gasteiger partial charge is 0.360 e. The predicted molar refractivity (Wildman–Crippen MR) is 64.5 cm³/mol. The molecule has 0 saturated heterocycles. The summed E-state index contributed by atoms with van der Waals surface area (Å²) in [5.74, 6) is -1.30. The number of nitrogens with zero attached hydrogens (tertiary/aromatic N) is 2. The van der Waals surface area contributed by atoms with Gasteiger partial charge in [-0.2, -0.15) is 13.2 Å². The molecule has 0 fully saturated rings. The van der Waals surface area contributed by atoms with E-state index in [2.05, 4.69) is 15.5 Å². The van der Waals surface area contributed by atoms with Crippen molar-refractivity contribution >= 4 is 16.5 Å². The van der Waals surface area contributed by atoms with Gasteiger partial charge in [0.1, 0.15) is 10.8 Å². The molecule has 0 aliphatic carbocycles. The minimum absolute atomic E-state index is 0.190. The first-order chi connectivity index (χ1) is 8.91. The van der Waals surface area contributed by atoms with E-state index in [1.807, 2.05) is 6.92 Å². The van der Waals surface area contributed by atoms with Crippen molar-refractivity contribution in [3.8, 4) is 10.6 Å². The number of anilines is 1. The third-order valence-corrected chi connectivity index (χ3v) is 3.20. The van der Waals surface area contributed by atoms with Gasteiger partial charge in [-0.15, -0.1) is 10.2 Å². The molecule has 2 aromatic rings. The first-order valence-corrected chi connectivity index (χ1v) is 6.18. The fraction of sp³-hybridized carbons (Fsp3) is 0.273. The number of aromatic nitrogens is 2. The standard InChI is InChI=1S/C11H9F4N3S/c1-2-16-10-18-17-9(19-10)6-3-4-8(12)7(5-6)11(13,14)15/h3-5H,2H2,1H3,(H,16,18). The molecule has 1 heterocycles. The van der Waals surface area contributed by atoms with Crippen molar-refractivity contribution in [3.63, 3.8) is 0 Å². The summed E-state index contributed by atoms with van der Waals surface area (Å²) in [5.41, 5.74) is -1.11. The number of halogens is 4. The number of hydrogen-bond donors (Lipinski definition) is 1. The molecular weight excluding hydrogens is 282 g/mol. The lowest BCUT2D eigenvalue weighted by atomic mass is 10.1. The van der Waals surface area contributed by atoms with Gasteiger partial charge in [0.2, 0.25) is 5.13 Å². The average molecular weight is 291 g/mol. The third-order valence-electron chi connectivity index (χ3n) is 2.27. The van der Waals surface area contributed by atoms with Crippen LogP contribution in [0.15, 0.2) is 18.2 Å². The van der Waals surface area contributed by atoms with Crippen molar-refractivity contribution in [2.75, 3.05) is 11.9 Å². The first-order valence-electron chi connectivity index (χ1n) is 5.36. The summed E-state index contributed by atoms with van der Waals surface area (Å²) >= 11 is 1.11. The van der Waals surface area contributed by atoms with Crippen LogP contribution in [0.25, 0.3) is 10.6 Å². The molecule has 0 radical (unpaired) electrons. The Bertz CT molecular complexity index is 580. The highest BCUT2D eigenvalue weighted by molar-refractivity contribution is 7.18. The van der Waals surface area contributed by atoms with Gasteiger partial charge in [-0.1, -0.05) is 11.3 Å². The average Bonchev–Trinajstić information content (AvgIpc) is 2.77. The van der Waals surface area contributed by atoms with Gasteiger partial charge in [0.05, 0.1) is 5.56 Å². The zero-order chi connectivity index (χ0) is 14.0. The van der Waals surface area contributed by atoms with Crippen LogP contribution >= 0.6 is 11.3 Å². The molecule has 0 unspecified atom stereocenters. The molecule has 1 aromatic heterocycles. The van der Waals surface area contributed by atoms with Gasteiger partial charge in [-0.05, 0) is 25.1 Å². The highest BCUT2D eigenvalue weighted by atomic mass is 32.1. The quantitative estimate of drug-likeness (QED) is 0.874. The van der Waals surface area contributed by atoms with Crippen molar-refractivity contribution in [2.24, 2.45) is 0 Å². The van der Waals surface area contributed by atoms with Crippen LogP contribution in [0.4, 0.5) is 22.7 Å². The van der Waals surface area contributed by atoms with E-state index in [1.165, 1.54) is 6.07 Å². The van der Waals surface area contributed by atoms with Crippen LogP contribution in [-0.2, 0) is 6.18 Å². The Morgan fingerprint density at radius 2 is 2.00 bits per heavy atom. The Hall–Kier alpha value is -1.70. The normalized spacial score (nSPS) is 11.6. The second kappa shape index (κ2) is 5.12. The van der Waals surface area contributed by atoms with Gasteiger partial charge in [0, 0.05) is 12.1 Å². The Kier molecular flexibility index (Phi) is 3.70. The van der Waals surface area contributed by atoms with Gasteiger partial charge in [-0.25, -0.2) is 4.39 Å². The molecule has 0 aliphatic heterocycles. The van der Waals surface area contributed by atoms with E-state index < -0.39 is 17.6 Å². The number of hydrogen-bond acceptors (Lipinski definition) is 4. The Labute approximate surface area is 110 Å². The van der Waals surface area contributed by atoms with Crippen molar-refractivity contribution in [2.45, 2.75) is 13.1 Å². The Balaban J connectivity index is 2.39. The molecule has 1 aromatic carbocycles. The van der Waals surface area contributed by atoms with Gasteiger partial charge < -0.3 is 5.32 Å². The third kappa shape index (κ3) is 3.01. The summed E-state index contributed by atoms with van der Waals surface area (Å²) < 4.78 is 50.9. The minimum Gasteiger partial charge on any atom is -0.360 e. The molecule has 102 valence electrons. The zero-order valence-electron chi connectivity index (χ0n) is 9.75. The maximum absolute atomic E-state index is 13.1. The maximum atomic E-state index is 13.1. The van der Waals surface area contributed by atoms with Crippen LogP contribution in [0.1, 0.15) is 12.5 Å². The van der Waals surface area contributed by atoms with E-state index in [0.717, 1.165) is 23.5 Å². The molecule has 19 heavy (non-hydrogen) atoms. The summed E-state index contributed by atoms with van der Waals surface area (Å²) in [6, 6.07) is 2.78. The molecular formula is C11H9F4N3S. The second-order valence-corrected chi connectivity index (χ2v) is 4.61. The fourth-order valence-electron chi connectivity index (χ4n) is 1.44. The molecule has 1 N–H and O–H groups in total. The lowest BCUT2D eigenvalue weighted by molar-refractivity contribution is -0.139. The van der Waals surface area contributed by atoms with Crippen LogP contribution in [0, 0.1) is 5.82 Å². The lowest BCUT2D eigenvalue weighted by Crippen LogP contribution is -2.08. The zero-order valence-corrected chi connectivity index (χ0v) is 10.6. The highest BCUT2D eigenvalue weighted by Crippen LogP contribution is 2.35. The van der Waals surface area contributed by atoms with Crippen LogP contribution in [0.5, 0.6) is 0 Å². The summed E-state index contributed by atoms with van der Waals surface area (Å²) in [6.45, 7) is 2.49. The molecule has 3 nitrogen and oxygen atoms in total. The van der Waals surface area contributed by atoms with E-state index >= 15 is 0 Å². The van der Waals surface area contributed by atoms with E-state index in [4.69, 9.17) is 0 Å². The SMILES string of the molecule is CCNc1nnc(-c2ccc(F)c(C(F)(F)F)c2)s1. The van der Waals surface area contributed by atoms with Crippen LogP contribution in [-0.4, -0.2) is 16.7 Å². The fourth-order valence-corrected chi connectivity index (χ4v) is 2.25. The van der Waals surface area contributed by atoms with Crippen LogP contribution < -0.4 is 5.32 Å². The van der Waals surface area contributed by atoms with Gasteiger partial charge in [-0.3, -0.25) is 0 Å². The van der Waals surface area contributed by atoms with Crippen molar-refractivity contribution in [3.05, 3.63) is 29.6 Å². The summed E-state index contributed by atoms with van der Waals surface area (Å²) in [4.78, 5) is 0. The number of rotatable bonds is 3. The summed E-state index contributed by atoms with van der Waals surface area (Å²) in [6.07, 6.45) is -4.73. The molecule has 0 atom stereocenters. The molecule has 0 spiro atoms. The largest absolute Gasteiger partial charge is 0.419 e. The van der Waals surface area contributed by atoms with E-state index in [1.54, 1.807) is 0 Å². The number of nitrogens with one attached hydrogen (secondary N) is 1. The first kappa shape index (κ1) is 13.7. The van der Waals surface area contributed by atoms with Crippen LogP contribution in [0.3, 0.4) is 0 Å². The van der Waals surface area contributed by atoms with Crippen molar-refractivity contribution in [1.29, 1.82) is 0 Å². The van der Waals surface area contributed by atoms with Gasteiger partial charge in [0.15, 0.2) is 0 Å². The summed E-state index contributed by atoms with van der Waals surface area (Å²) in [5, 5.41) is 11.3. The van der Waals surface area contributed by atoms with E-state index in [-0.39, 0.29) is 5.56 Å². The molecule has 0 saturated carbocycles. The molecule has 0 amide bonds. The number of alkyl halides is 3. The predicted octanol–water partition coefficient (Wildman–Crippen LogP) is 3.79. The molecule has 0 bridgehead atoms. The number of benzene rings is 1.